The van der Waals surface area contributed by atoms with Gasteiger partial charge in [-0.2, -0.15) is 0 Å². The molecule has 0 unspecified atom stereocenters. The first-order valence-corrected chi connectivity index (χ1v) is 9.03. The van der Waals surface area contributed by atoms with Crippen LogP contribution in [0.2, 0.25) is 0 Å². The molecule has 0 atom stereocenters. The molecule has 2 heteroatoms. The topological polar surface area (TPSA) is 29.5 Å². The molecule has 3 aromatic rings. The molecule has 0 aliphatic rings. The Bertz CT molecular complexity index is 799. The normalized spacial score (nSPS) is 11.6. The highest BCUT2D eigenvalue weighted by atomic mass is 16.5. The van der Waals surface area contributed by atoms with Gasteiger partial charge in [-0.25, -0.2) is 0 Å². The van der Waals surface area contributed by atoms with Gasteiger partial charge in [0.1, 0.15) is 11.4 Å². The molecule has 0 radical (unpaired) electrons. The molecule has 0 aliphatic heterocycles. The number of aliphatic hydroxyl groups is 1. The highest BCUT2D eigenvalue weighted by molar-refractivity contribution is 5.48. The van der Waals surface area contributed by atoms with E-state index in [1.165, 1.54) is 11.1 Å². The van der Waals surface area contributed by atoms with Gasteiger partial charge in [0, 0.05) is 0 Å². The zero-order chi connectivity index (χ0) is 18.7. The first-order valence-electron chi connectivity index (χ1n) is 9.03. The molecule has 0 aromatic heterocycles. The van der Waals surface area contributed by atoms with Crippen molar-refractivity contribution in [2.45, 2.75) is 39.4 Å². The molecule has 134 valence electrons. The second kappa shape index (κ2) is 7.35. The van der Waals surface area contributed by atoms with Crippen molar-refractivity contribution in [2.24, 2.45) is 0 Å². The molecule has 3 rings (SSSR count). The van der Waals surface area contributed by atoms with Crippen molar-refractivity contribution in [3.63, 3.8) is 0 Å². The number of rotatable bonds is 5. The highest BCUT2D eigenvalue weighted by Gasteiger charge is 2.33. The summed E-state index contributed by atoms with van der Waals surface area (Å²) in [6.45, 7) is 8.10. The molecule has 0 spiro atoms. The summed E-state index contributed by atoms with van der Waals surface area (Å²) in [4.78, 5) is 0. The standard InChI is InChI=1S/C24H26O2/c1-17(2)26-23-15-13-22(14-16-23)24(25,20-9-5-18(3)6-10-20)21-11-7-19(4)8-12-21/h5-17,25H,1-4H3. The van der Waals surface area contributed by atoms with Crippen LogP contribution in [0.15, 0.2) is 72.8 Å². The Morgan fingerprint density at radius 2 is 1.00 bits per heavy atom. The summed E-state index contributed by atoms with van der Waals surface area (Å²) in [5.41, 5.74) is 3.65. The monoisotopic (exact) mass is 346 g/mol. The van der Waals surface area contributed by atoms with Crippen LogP contribution in [0.3, 0.4) is 0 Å². The van der Waals surface area contributed by atoms with Crippen LogP contribution in [0, 0.1) is 13.8 Å². The second-order valence-corrected chi connectivity index (χ2v) is 7.13. The van der Waals surface area contributed by atoms with Gasteiger partial charge in [0.2, 0.25) is 0 Å². The third-order valence-corrected chi connectivity index (χ3v) is 4.58. The van der Waals surface area contributed by atoms with E-state index >= 15 is 0 Å². The lowest BCUT2D eigenvalue weighted by molar-refractivity contribution is 0.125. The van der Waals surface area contributed by atoms with Crippen LogP contribution in [0.1, 0.15) is 41.7 Å². The molecule has 0 fully saturated rings. The third-order valence-electron chi connectivity index (χ3n) is 4.58. The van der Waals surface area contributed by atoms with Gasteiger partial charge >= 0.3 is 0 Å². The molecule has 0 saturated carbocycles. The second-order valence-electron chi connectivity index (χ2n) is 7.13. The minimum atomic E-state index is -1.21. The van der Waals surface area contributed by atoms with E-state index in [4.69, 9.17) is 4.74 Å². The third kappa shape index (κ3) is 3.66. The van der Waals surface area contributed by atoms with E-state index in [2.05, 4.69) is 0 Å². The maximum atomic E-state index is 11.8. The highest BCUT2D eigenvalue weighted by Crippen LogP contribution is 2.37. The Kier molecular flexibility index (Phi) is 5.15. The summed E-state index contributed by atoms with van der Waals surface area (Å²) in [6, 6.07) is 23.8. The fourth-order valence-electron chi connectivity index (χ4n) is 3.14. The molecule has 3 aromatic carbocycles. The SMILES string of the molecule is Cc1ccc(C(O)(c2ccc(C)cc2)c2ccc(OC(C)C)cc2)cc1. The quantitative estimate of drug-likeness (QED) is 0.629. The van der Waals surface area contributed by atoms with Crippen molar-refractivity contribution >= 4 is 0 Å². The van der Waals surface area contributed by atoms with Crippen molar-refractivity contribution in [3.05, 3.63) is 101 Å². The maximum absolute atomic E-state index is 11.8. The van der Waals surface area contributed by atoms with E-state index in [0.29, 0.717) is 0 Å². The zero-order valence-corrected chi connectivity index (χ0v) is 15.9. The number of hydrogen-bond acceptors (Lipinski definition) is 2. The fourth-order valence-corrected chi connectivity index (χ4v) is 3.14. The zero-order valence-electron chi connectivity index (χ0n) is 15.9. The van der Waals surface area contributed by atoms with E-state index in [0.717, 1.165) is 22.4 Å². The van der Waals surface area contributed by atoms with E-state index in [9.17, 15) is 5.11 Å². The van der Waals surface area contributed by atoms with Gasteiger partial charge in [-0.05, 0) is 56.5 Å². The maximum Gasteiger partial charge on any atom is 0.140 e. The summed E-state index contributed by atoms with van der Waals surface area (Å²) in [5.74, 6) is 0.805. The van der Waals surface area contributed by atoms with Crippen molar-refractivity contribution < 1.29 is 9.84 Å². The number of benzene rings is 3. The lowest BCUT2D eigenvalue weighted by atomic mass is 9.80. The Labute approximate surface area is 156 Å². The predicted octanol–water partition coefficient (Wildman–Crippen LogP) is 5.37. The van der Waals surface area contributed by atoms with Crippen LogP contribution >= 0.6 is 0 Å². The largest absolute Gasteiger partial charge is 0.491 e. The molecule has 0 bridgehead atoms. The average molecular weight is 346 g/mol. The van der Waals surface area contributed by atoms with Crippen LogP contribution in [-0.2, 0) is 5.60 Å². The Morgan fingerprint density at radius 1 is 0.654 bits per heavy atom. The van der Waals surface area contributed by atoms with E-state index in [1.54, 1.807) is 0 Å². The molecular weight excluding hydrogens is 320 g/mol. The predicted molar refractivity (Wildman–Crippen MR) is 107 cm³/mol. The average Bonchev–Trinajstić information content (AvgIpc) is 2.62. The van der Waals surface area contributed by atoms with Gasteiger partial charge < -0.3 is 9.84 Å². The van der Waals surface area contributed by atoms with Gasteiger partial charge in [0.25, 0.3) is 0 Å². The van der Waals surface area contributed by atoms with Gasteiger partial charge in [-0.15, -0.1) is 0 Å². The lowest BCUT2D eigenvalue weighted by Crippen LogP contribution is -2.28. The van der Waals surface area contributed by atoms with Crippen LogP contribution in [0.25, 0.3) is 0 Å². The Morgan fingerprint density at radius 3 is 1.35 bits per heavy atom. The van der Waals surface area contributed by atoms with Crippen LogP contribution in [-0.4, -0.2) is 11.2 Å². The number of hydrogen-bond donors (Lipinski definition) is 1. The molecule has 0 saturated heterocycles. The molecule has 0 amide bonds. The lowest BCUT2D eigenvalue weighted by Gasteiger charge is -2.30. The first kappa shape index (κ1) is 18.2. The van der Waals surface area contributed by atoms with Gasteiger partial charge in [-0.1, -0.05) is 71.8 Å². The van der Waals surface area contributed by atoms with E-state index in [1.807, 2.05) is 100 Å². The van der Waals surface area contributed by atoms with Crippen LogP contribution in [0.5, 0.6) is 5.75 Å². The van der Waals surface area contributed by atoms with Crippen LogP contribution < -0.4 is 4.74 Å². The summed E-state index contributed by atoms with van der Waals surface area (Å²) in [7, 11) is 0. The van der Waals surface area contributed by atoms with Gasteiger partial charge in [-0.3, -0.25) is 0 Å². The Balaban J connectivity index is 2.11. The molecular formula is C24H26O2. The molecule has 2 nitrogen and oxygen atoms in total. The molecule has 0 aliphatic carbocycles. The van der Waals surface area contributed by atoms with Gasteiger partial charge in [0.05, 0.1) is 6.10 Å². The first-order chi connectivity index (χ1) is 12.4. The van der Waals surface area contributed by atoms with Crippen molar-refractivity contribution in [1.29, 1.82) is 0 Å². The molecule has 1 N–H and O–H groups in total. The number of aryl methyl sites for hydroxylation is 2. The summed E-state index contributed by atoms with van der Waals surface area (Å²) in [6.07, 6.45) is 0.119. The minimum absolute atomic E-state index is 0.119. The summed E-state index contributed by atoms with van der Waals surface area (Å²) in [5, 5.41) is 11.8. The molecule has 26 heavy (non-hydrogen) atoms. The smallest absolute Gasteiger partial charge is 0.140 e. The van der Waals surface area contributed by atoms with Crippen molar-refractivity contribution in [3.8, 4) is 5.75 Å². The summed E-state index contributed by atoms with van der Waals surface area (Å²) < 4.78 is 5.74. The van der Waals surface area contributed by atoms with Crippen LogP contribution in [0.4, 0.5) is 0 Å². The molecule has 0 heterocycles. The van der Waals surface area contributed by atoms with E-state index in [-0.39, 0.29) is 6.10 Å². The summed E-state index contributed by atoms with van der Waals surface area (Å²) >= 11 is 0. The van der Waals surface area contributed by atoms with Crippen molar-refractivity contribution in [2.75, 3.05) is 0 Å². The van der Waals surface area contributed by atoms with Gasteiger partial charge in [0.15, 0.2) is 0 Å². The van der Waals surface area contributed by atoms with Crippen molar-refractivity contribution in [1.82, 2.24) is 0 Å². The Hall–Kier alpha value is -2.58. The number of ether oxygens (including phenoxy) is 1. The minimum Gasteiger partial charge on any atom is -0.491 e. The van der Waals surface area contributed by atoms with E-state index < -0.39 is 5.60 Å². The fraction of sp³-hybridized carbons (Fsp3) is 0.250.